The SMILES string of the molecule is COc1cc(C#N)ccc1NCC1(O)CCCCCC1. The molecule has 0 spiro atoms. The van der Waals surface area contributed by atoms with E-state index in [9.17, 15) is 5.11 Å². The largest absolute Gasteiger partial charge is 0.495 e. The smallest absolute Gasteiger partial charge is 0.143 e. The van der Waals surface area contributed by atoms with Crippen LogP contribution in [-0.2, 0) is 0 Å². The van der Waals surface area contributed by atoms with Gasteiger partial charge in [-0.15, -0.1) is 0 Å². The lowest BCUT2D eigenvalue weighted by Gasteiger charge is -2.27. The second-order valence-corrected chi connectivity index (χ2v) is 5.52. The molecule has 1 saturated carbocycles. The van der Waals surface area contributed by atoms with E-state index in [1.807, 2.05) is 6.07 Å². The van der Waals surface area contributed by atoms with Crippen LogP contribution in [0.2, 0.25) is 0 Å². The zero-order valence-corrected chi connectivity index (χ0v) is 12.0. The Labute approximate surface area is 120 Å². The lowest BCUT2D eigenvalue weighted by Crippen LogP contribution is -2.36. The minimum absolute atomic E-state index is 0.523. The van der Waals surface area contributed by atoms with Crippen LogP contribution in [0.4, 0.5) is 5.69 Å². The highest BCUT2D eigenvalue weighted by Gasteiger charge is 2.27. The number of hydrogen-bond donors (Lipinski definition) is 2. The van der Waals surface area contributed by atoms with Crippen molar-refractivity contribution in [1.29, 1.82) is 5.26 Å². The molecule has 0 heterocycles. The van der Waals surface area contributed by atoms with E-state index in [1.54, 1.807) is 19.2 Å². The van der Waals surface area contributed by atoms with Crippen LogP contribution in [-0.4, -0.2) is 24.4 Å². The lowest BCUT2D eigenvalue weighted by atomic mass is 9.94. The van der Waals surface area contributed by atoms with Gasteiger partial charge in [0.25, 0.3) is 0 Å². The first-order valence-corrected chi connectivity index (χ1v) is 7.21. The zero-order chi connectivity index (χ0) is 14.4. The van der Waals surface area contributed by atoms with E-state index in [-0.39, 0.29) is 0 Å². The van der Waals surface area contributed by atoms with Gasteiger partial charge in [0.2, 0.25) is 0 Å². The van der Waals surface area contributed by atoms with Crippen molar-refractivity contribution in [3.05, 3.63) is 23.8 Å². The minimum atomic E-state index is -0.630. The molecule has 1 aliphatic carbocycles. The van der Waals surface area contributed by atoms with Crippen molar-refractivity contribution >= 4 is 5.69 Å². The molecule has 1 aromatic rings. The van der Waals surface area contributed by atoms with E-state index < -0.39 is 5.60 Å². The summed E-state index contributed by atoms with van der Waals surface area (Å²) in [4.78, 5) is 0. The number of nitrogens with one attached hydrogen (secondary N) is 1. The van der Waals surface area contributed by atoms with Gasteiger partial charge in [-0.05, 0) is 25.0 Å². The van der Waals surface area contributed by atoms with Crippen LogP contribution in [0, 0.1) is 11.3 Å². The number of anilines is 1. The molecule has 0 saturated heterocycles. The van der Waals surface area contributed by atoms with Gasteiger partial charge in [-0.1, -0.05) is 25.7 Å². The van der Waals surface area contributed by atoms with Gasteiger partial charge in [0.05, 0.1) is 30.0 Å². The van der Waals surface area contributed by atoms with Gasteiger partial charge in [-0.3, -0.25) is 0 Å². The van der Waals surface area contributed by atoms with Gasteiger partial charge in [0, 0.05) is 12.6 Å². The Kier molecular flexibility index (Phi) is 4.86. The topological polar surface area (TPSA) is 65.3 Å². The average molecular weight is 274 g/mol. The number of methoxy groups -OCH3 is 1. The lowest BCUT2D eigenvalue weighted by molar-refractivity contribution is 0.0381. The molecular formula is C16H22N2O2. The van der Waals surface area contributed by atoms with Gasteiger partial charge in [0.15, 0.2) is 0 Å². The van der Waals surface area contributed by atoms with Crippen molar-refractivity contribution in [3.63, 3.8) is 0 Å². The van der Waals surface area contributed by atoms with E-state index in [1.165, 1.54) is 12.8 Å². The summed E-state index contributed by atoms with van der Waals surface area (Å²) in [5.41, 5.74) is 0.764. The van der Waals surface area contributed by atoms with Gasteiger partial charge in [-0.25, -0.2) is 0 Å². The number of ether oxygens (including phenoxy) is 1. The minimum Gasteiger partial charge on any atom is -0.495 e. The Morgan fingerprint density at radius 2 is 2.00 bits per heavy atom. The molecule has 108 valence electrons. The summed E-state index contributed by atoms with van der Waals surface area (Å²) in [6, 6.07) is 7.38. The Morgan fingerprint density at radius 3 is 2.60 bits per heavy atom. The summed E-state index contributed by atoms with van der Waals surface area (Å²) in [5.74, 6) is 0.640. The number of benzene rings is 1. The molecule has 4 nitrogen and oxygen atoms in total. The third kappa shape index (κ3) is 3.64. The molecule has 1 fully saturated rings. The molecule has 0 aromatic heterocycles. The predicted octanol–water partition coefficient (Wildman–Crippen LogP) is 3.06. The summed E-state index contributed by atoms with van der Waals surface area (Å²) in [6.07, 6.45) is 6.29. The monoisotopic (exact) mass is 274 g/mol. The van der Waals surface area contributed by atoms with Crippen LogP contribution in [0.3, 0.4) is 0 Å². The van der Waals surface area contributed by atoms with Gasteiger partial charge < -0.3 is 15.2 Å². The molecule has 0 atom stereocenters. The van der Waals surface area contributed by atoms with Crippen molar-refractivity contribution in [1.82, 2.24) is 0 Å². The van der Waals surface area contributed by atoms with Crippen LogP contribution >= 0.6 is 0 Å². The number of nitrogens with zero attached hydrogens (tertiary/aromatic N) is 1. The summed E-state index contributed by atoms with van der Waals surface area (Å²) in [6.45, 7) is 0.523. The fraction of sp³-hybridized carbons (Fsp3) is 0.562. The van der Waals surface area contributed by atoms with Crippen LogP contribution in [0.5, 0.6) is 5.75 Å². The molecule has 2 rings (SSSR count). The summed E-state index contributed by atoms with van der Waals surface area (Å²) in [7, 11) is 1.59. The molecule has 20 heavy (non-hydrogen) atoms. The summed E-state index contributed by atoms with van der Waals surface area (Å²) < 4.78 is 5.29. The molecule has 0 amide bonds. The van der Waals surface area contributed by atoms with Crippen molar-refractivity contribution in [3.8, 4) is 11.8 Å². The normalized spacial score (nSPS) is 17.9. The highest BCUT2D eigenvalue weighted by Crippen LogP contribution is 2.30. The Balaban J connectivity index is 2.04. The van der Waals surface area contributed by atoms with Gasteiger partial charge >= 0.3 is 0 Å². The molecular weight excluding hydrogens is 252 g/mol. The first kappa shape index (κ1) is 14.7. The van der Waals surface area contributed by atoms with Gasteiger partial charge in [-0.2, -0.15) is 5.26 Å². The molecule has 2 N–H and O–H groups in total. The maximum Gasteiger partial charge on any atom is 0.143 e. The van der Waals surface area contributed by atoms with E-state index in [2.05, 4.69) is 11.4 Å². The van der Waals surface area contributed by atoms with Crippen LogP contribution in [0.1, 0.15) is 44.1 Å². The van der Waals surface area contributed by atoms with E-state index in [4.69, 9.17) is 10.00 Å². The van der Waals surface area contributed by atoms with E-state index >= 15 is 0 Å². The summed E-state index contributed by atoms with van der Waals surface area (Å²) >= 11 is 0. The maximum atomic E-state index is 10.6. The van der Waals surface area contributed by atoms with Crippen molar-refractivity contribution < 1.29 is 9.84 Å². The molecule has 1 aliphatic rings. The highest BCUT2D eigenvalue weighted by atomic mass is 16.5. The fourth-order valence-electron chi connectivity index (χ4n) is 2.73. The molecule has 0 unspecified atom stereocenters. The average Bonchev–Trinajstić information content (AvgIpc) is 2.70. The second-order valence-electron chi connectivity index (χ2n) is 5.52. The first-order chi connectivity index (χ1) is 9.67. The zero-order valence-electron chi connectivity index (χ0n) is 12.0. The fourth-order valence-corrected chi connectivity index (χ4v) is 2.73. The summed E-state index contributed by atoms with van der Waals surface area (Å²) in [5, 5.41) is 22.8. The van der Waals surface area contributed by atoms with Crippen LogP contribution in [0.15, 0.2) is 18.2 Å². The molecule has 4 heteroatoms. The highest BCUT2D eigenvalue weighted by molar-refractivity contribution is 5.59. The molecule has 0 aliphatic heterocycles. The number of rotatable bonds is 4. The third-order valence-electron chi connectivity index (χ3n) is 3.97. The van der Waals surface area contributed by atoms with E-state index in [0.29, 0.717) is 17.9 Å². The number of hydrogen-bond acceptors (Lipinski definition) is 4. The van der Waals surface area contributed by atoms with Crippen LogP contribution in [0.25, 0.3) is 0 Å². The Morgan fingerprint density at radius 1 is 1.30 bits per heavy atom. The molecule has 0 radical (unpaired) electrons. The maximum absolute atomic E-state index is 10.6. The number of nitriles is 1. The van der Waals surface area contributed by atoms with E-state index in [0.717, 1.165) is 31.4 Å². The predicted molar refractivity (Wildman–Crippen MR) is 78.9 cm³/mol. The standard InChI is InChI=1S/C16H22N2O2/c1-20-15-10-13(11-17)6-7-14(15)18-12-16(19)8-4-2-3-5-9-16/h6-7,10,18-19H,2-5,8-9,12H2,1H3. The van der Waals surface area contributed by atoms with Crippen molar-refractivity contribution in [2.75, 3.05) is 19.0 Å². The quantitative estimate of drug-likeness (QED) is 0.828. The van der Waals surface area contributed by atoms with Gasteiger partial charge in [0.1, 0.15) is 5.75 Å². The number of aliphatic hydroxyl groups is 1. The second kappa shape index (κ2) is 6.62. The van der Waals surface area contributed by atoms with Crippen LogP contribution < -0.4 is 10.1 Å². The third-order valence-corrected chi connectivity index (χ3v) is 3.97. The van der Waals surface area contributed by atoms with Crippen molar-refractivity contribution in [2.45, 2.75) is 44.1 Å². The molecule has 1 aromatic carbocycles. The Hall–Kier alpha value is -1.73. The first-order valence-electron chi connectivity index (χ1n) is 7.21. The van der Waals surface area contributed by atoms with Crippen molar-refractivity contribution in [2.24, 2.45) is 0 Å². The Bertz CT molecular complexity index is 486. The molecule has 0 bridgehead atoms.